The van der Waals surface area contributed by atoms with E-state index in [9.17, 15) is 19.2 Å². The van der Waals surface area contributed by atoms with Gasteiger partial charge in [-0.3, -0.25) is 14.4 Å². The monoisotopic (exact) mass is 401 g/mol. The number of esters is 2. The van der Waals surface area contributed by atoms with Crippen LogP contribution in [-0.2, 0) is 28.7 Å². The van der Waals surface area contributed by atoms with Gasteiger partial charge in [0.25, 0.3) is 0 Å². The van der Waals surface area contributed by atoms with Gasteiger partial charge in [-0.05, 0) is 47.5 Å². The topological polar surface area (TPSA) is 137 Å². The minimum Gasteiger partial charge on any atom is -0.460 e. The predicted molar refractivity (Wildman–Crippen MR) is 104 cm³/mol. The molecule has 9 nitrogen and oxygen atoms in total. The van der Waals surface area contributed by atoms with Crippen LogP contribution in [0.4, 0.5) is 0 Å². The molecule has 0 saturated carbocycles. The van der Waals surface area contributed by atoms with E-state index in [1.54, 1.807) is 55.4 Å². The molecular weight excluding hydrogens is 366 g/mol. The molecule has 0 rings (SSSR count). The zero-order chi connectivity index (χ0) is 22.3. The molecule has 0 aliphatic rings. The second-order valence-electron chi connectivity index (χ2n) is 8.88. The van der Waals surface area contributed by atoms with Gasteiger partial charge in [0.05, 0.1) is 13.0 Å². The summed E-state index contributed by atoms with van der Waals surface area (Å²) in [5.74, 6) is -2.84. The Balaban J connectivity index is 5.34. The Kier molecular flexibility index (Phi) is 9.60. The van der Waals surface area contributed by atoms with Gasteiger partial charge in [-0.2, -0.15) is 0 Å². The standard InChI is InChI=1S/C19H35N3O6/c1-11(2)15(17(26)28-19(6,7)8)22-16(25)12(21-13(23)10-20)9-14(24)27-18(3,4)5/h11-12,15H,9-10,20H2,1-8H3,(H,21,23)(H,22,25)/t12-,15-/m0/s1. The Morgan fingerprint density at radius 2 is 1.39 bits per heavy atom. The zero-order valence-electron chi connectivity index (χ0n) is 18.2. The molecule has 0 unspecified atom stereocenters. The summed E-state index contributed by atoms with van der Waals surface area (Å²) in [6, 6.07) is -2.17. The molecule has 0 bridgehead atoms. The Morgan fingerprint density at radius 1 is 0.893 bits per heavy atom. The summed E-state index contributed by atoms with van der Waals surface area (Å²) in [6.07, 6.45) is -0.395. The summed E-state index contributed by atoms with van der Waals surface area (Å²) < 4.78 is 10.5. The number of nitrogens with one attached hydrogen (secondary N) is 2. The number of carbonyl (C=O) groups excluding carboxylic acids is 4. The van der Waals surface area contributed by atoms with E-state index in [-0.39, 0.29) is 12.5 Å². The summed E-state index contributed by atoms with van der Waals surface area (Å²) in [7, 11) is 0. The van der Waals surface area contributed by atoms with Crippen molar-refractivity contribution in [2.45, 2.75) is 85.1 Å². The average molecular weight is 402 g/mol. The fourth-order valence-corrected chi connectivity index (χ4v) is 2.13. The molecule has 162 valence electrons. The lowest BCUT2D eigenvalue weighted by atomic mass is 10.0. The Morgan fingerprint density at radius 3 is 1.79 bits per heavy atom. The highest BCUT2D eigenvalue weighted by Gasteiger charge is 2.33. The van der Waals surface area contributed by atoms with E-state index in [1.165, 1.54) is 0 Å². The van der Waals surface area contributed by atoms with Gasteiger partial charge in [0.2, 0.25) is 11.8 Å². The summed E-state index contributed by atoms with van der Waals surface area (Å²) in [5.41, 5.74) is 3.82. The predicted octanol–water partition coefficient (Wildman–Crippen LogP) is 0.644. The third kappa shape index (κ3) is 10.9. The van der Waals surface area contributed by atoms with E-state index in [0.29, 0.717) is 0 Å². The van der Waals surface area contributed by atoms with Crippen molar-refractivity contribution in [2.24, 2.45) is 11.7 Å². The van der Waals surface area contributed by atoms with E-state index in [1.807, 2.05) is 0 Å². The molecule has 0 aromatic carbocycles. The molecule has 0 aromatic heterocycles. The molecule has 2 amide bonds. The van der Waals surface area contributed by atoms with Crippen LogP contribution in [0.2, 0.25) is 0 Å². The Labute approximate surface area is 167 Å². The Hall–Kier alpha value is -2.16. The first-order chi connectivity index (χ1) is 12.6. The maximum absolute atomic E-state index is 12.7. The van der Waals surface area contributed by atoms with Crippen LogP contribution in [0.25, 0.3) is 0 Å². The number of carbonyl (C=O) groups is 4. The van der Waals surface area contributed by atoms with E-state index in [0.717, 1.165) is 0 Å². The Bertz CT molecular complexity index is 575. The lowest BCUT2D eigenvalue weighted by Gasteiger charge is -2.28. The fraction of sp³-hybridized carbons (Fsp3) is 0.789. The second-order valence-corrected chi connectivity index (χ2v) is 8.88. The van der Waals surface area contributed by atoms with Crippen LogP contribution < -0.4 is 16.4 Å². The van der Waals surface area contributed by atoms with E-state index < -0.39 is 53.5 Å². The number of rotatable bonds is 8. The van der Waals surface area contributed by atoms with Crippen LogP contribution in [0.15, 0.2) is 0 Å². The largest absolute Gasteiger partial charge is 0.460 e. The van der Waals surface area contributed by atoms with Crippen LogP contribution in [0.3, 0.4) is 0 Å². The SMILES string of the molecule is CC(C)[C@H](NC(=O)[C@H](CC(=O)OC(C)(C)C)NC(=O)CN)C(=O)OC(C)(C)C. The van der Waals surface area contributed by atoms with Crippen molar-refractivity contribution in [1.82, 2.24) is 10.6 Å². The van der Waals surface area contributed by atoms with Crippen molar-refractivity contribution in [3.05, 3.63) is 0 Å². The van der Waals surface area contributed by atoms with Crippen molar-refractivity contribution in [3.8, 4) is 0 Å². The molecule has 0 saturated heterocycles. The lowest BCUT2D eigenvalue weighted by Crippen LogP contribution is -2.55. The molecule has 28 heavy (non-hydrogen) atoms. The molecule has 0 fully saturated rings. The first kappa shape index (κ1) is 25.8. The van der Waals surface area contributed by atoms with Crippen molar-refractivity contribution < 1.29 is 28.7 Å². The normalized spacial score (nSPS) is 14.1. The molecule has 0 radical (unpaired) electrons. The van der Waals surface area contributed by atoms with Gasteiger partial charge in [-0.1, -0.05) is 13.8 Å². The summed E-state index contributed by atoms with van der Waals surface area (Å²) in [5, 5.41) is 4.95. The molecule has 9 heteroatoms. The lowest BCUT2D eigenvalue weighted by molar-refractivity contribution is -0.160. The van der Waals surface area contributed by atoms with Gasteiger partial charge < -0.3 is 25.8 Å². The fourth-order valence-electron chi connectivity index (χ4n) is 2.13. The summed E-state index contributed by atoms with van der Waals surface area (Å²) in [6.45, 7) is 13.4. The maximum Gasteiger partial charge on any atom is 0.329 e. The van der Waals surface area contributed by atoms with Gasteiger partial charge in [-0.15, -0.1) is 0 Å². The average Bonchev–Trinajstić information content (AvgIpc) is 2.47. The molecular formula is C19H35N3O6. The highest BCUT2D eigenvalue weighted by Crippen LogP contribution is 2.13. The number of amides is 2. The van der Waals surface area contributed by atoms with Gasteiger partial charge in [0, 0.05) is 0 Å². The van der Waals surface area contributed by atoms with Crippen LogP contribution in [0.5, 0.6) is 0 Å². The first-order valence-corrected chi connectivity index (χ1v) is 9.30. The molecule has 0 aromatic rings. The number of hydrogen-bond donors (Lipinski definition) is 3. The van der Waals surface area contributed by atoms with Gasteiger partial charge in [0.1, 0.15) is 23.3 Å². The first-order valence-electron chi connectivity index (χ1n) is 9.30. The van der Waals surface area contributed by atoms with Crippen molar-refractivity contribution in [3.63, 3.8) is 0 Å². The number of hydrogen-bond acceptors (Lipinski definition) is 7. The quantitative estimate of drug-likeness (QED) is 0.508. The van der Waals surface area contributed by atoms with Gasteiger partial charge in [0.15, 0.2) is 0 Å². The third-order valence-electron chi connectivity index (χ3n) is 3.25. The highest BCUT2D eigenvalue weighted by atomic mass is 16.6. The van der Waals surface area contributed by atoms with Crippen LogP contribution in [0, 0.1) is 5.92 Å². The van der Waals surface area contributed by atoms with Crippen LogP contribution >= 0.6 is 0 Å². The third-order valence-corrected chi connectivity index (χ3v) is 3.25. The molecule has 0 aliphatic carbocycles. The van der Waals surface area contributed by atoms with E-state index in [2.05, 4.69) is 10.6 Å². The zero-order valence-corrected chi connectivity index (χ0v) is 18.2. The summed E-state index contributed by atoms with van der Waals surface area (Å²) in [4.78, 5) is 48.9. The second kappa shape index (κ2) is 10.4. The number of nitrogens with two attached hydrogens (primary N) is 1. The van der Waals surface area contributed by atoms with Gasteiger partial charge >= 0.3 is 11.9 Å². The van der Waals surface area contributed by atoms with Gasteiger partial charge in [-0.25, -0.2) is 4.79 Å². The summed E-state index contributed by atoms with van der Waals surface area (Å²) >= 11 is 0. The molecule has 4 N–H and O–H groups in total. The van der Waals surface area contributed by atoms with E-state index >= 15 is 0 Å². The van der Waals surface area contributed by atoms with E-state index in [4.69, 9.17) is 15.2 Å². The minimum absolute atomic E-state index is 0.272. The molecule has 0 aliphatic heterocycles. The molecule has 0 spiro atoms. The van der Waals surface area contributed by atoms with Crippen molar-refractivity contribution in [2.75, 3.05) is 6.54 Å². The molecule has 2 atom stereocenters. The smallest absolute Gasteiger partial charge is 0.329 e. The maximum atomic E-state index is 12.7. The van der Waals surface area contributed by atoms with Crippen molar-refractivity contribution in [1.29, 1.82) is 0 Å². The van der Waals surface area contributed by atoms with Crippen molar-refractivity contribution >= 4 is 23.8 Å². The van der Waals surface area contributed by atoms with Crippen LogP contribution in [-0.4, -0.2) is 53.6 Å². The highest BCUT2D eigenvalue weighted by molar-refractivity contribution is 5.93. The number of ether oxygens (including phenoxy) is 2. The minimum atomic E-state index is -1.23. The van der Waals surface area contributed by atoms with Crippen LogP contribution in [0.1, 0.15) is 61.8 Å². The molecule has 0 heterocycles.